The standard InChI is InChI=1S/C18H32O4/c1-13(2)6-5-8-21-10-11-22-9-7-15-17(19)12-16(14(3)4)18(15)20/h13-16H,5-12H2,1-4H3. The van der Waals surface area contributed by atoms with Gasteiger partial charge in [-0.2, -0.15) is 0 Å². The van der Waals surface area contributed by atoms with E-state index in [1.54, 1.807) is 0 Å². The predicted octanol–water partition coefficient (Wildman–Crippen LogP) is 3.28. The predicted molar refractivity (Wildman–Crippen MR) is 86.8 cm³/mol. The van der Waals surface area contributed by atoms with Gasteiger partial charge in [0.25, 0.3) is 0 Å². The van der Waals surface area contributed by atoms with Crippen LogP contribution in [0, 0.1) is 23.7 Å². The minimum atomic E-state index is -0.431. The maximum Gasteiger partial charge on any atom is 0.147 e. The van der Waals surface area contributed by atoms with Crippen LogP contribution in [0.1, 0.15) is 53.4 Å². The normalized spacial score (nSPS) is 22.3. The summed E-state index contributed by atoms with van der Waals surface area (Å²) in [5.74, 6) is 0.671. The molecule has 128 valence electrons. The van der Waals surface area contributed by atoms with Gasteiger partial charge in [0.05, 0.1) is 19.1 Å². The molecule has 0 bridgehead atoms. The molecule has 0 heterocycles. The second-order valence-electron chi connectivity index (χ2n) is 7.03. The molecule has 0 N–H and O–H groups in total. The molecule has 0 amide bonds. The van der Waals surface area contributed by atoms with Crippen molar-refractivity contribution in [2.24, 2.45) is 23.7 Å². The Kier molecular flexibility index (Phi) is 8.88. The van der Waals surface area contributed by atoms with Gasteiger partial charge >= 0.3 is 0 Å². The lowest BCUT2D eigenvalue weighted by Crippen LogP contribution is -2.21. The zero-order chi connectivity index (χ0) is 16.5. The van der Waals surface area contributed by atoms with Crippen LogP contribution < -0.4 is 0 Å². The molecule has 0 aliphatic heterocycles. The highest BCUT2D eigenvalue weighted by Crippen LogP contribution is 2.31. The van der Waals surface area contributed by atoms with Crippen LogP contribution in [-0.4, -0.2) is 38.0 Å². The molecule has 0 saturated heterocycles. The quantitative estimate of drug-likeness (QED) is 0.434. The first kappa shape index (κ1) is 19.3. The molecule has 1 rings (SSSR count). The third-order valence-corrected chi connectivity index (χ3v) is 4.32. The van der Waals surface area contributed by atoms with Crippen molar-refractivity contribution in [3.05, 3.63) is 0 Å². The smallest absolute Gasteiger partial charge is 0.147 e. The van der Waals surface area contributed by atoms with E-state index in [9.17, 15) is 9.59 Å². The Balaban J connectivity index is 2.05. The van der Waals surface area contributed by atoms with Gasteiger partial charge in [-0.05, 0) is 31.1 Å². The summed E-state index contributed by atoms with van der Waals surface area (Å²) < 4.78 is 11.0. The van der Waals surface area contributed by atoms with E-state index in [0.29, 0.717) is 32.7 Å². The van der Waals surface area contributed by atoms with Crippen LogP contribution in [0.25, 0.3) is 0 Å². The third kappa shape index (κ3) is 6.57. The van der Waals surface area contributed by atoms with Crippen molar-refractivity contribution < 1.29 is 19.1 Å². The molecular formula is C18H32O4. The monoisotopic (exact) mass is 312 g/mol. The minimum Gasteiger partial charge on any atom is -0.379 e. The van der Waals surface area contributed by atoms with E-state index < -0.39 is 5.92 Å². The Morgan fingerprint density at radius 3 is 2.18 bits per heavy atom. The highest BCUT2D eigenvalue weighted by molar-refractivity contribution is 6.10. The van der Waals surface area contributed by atoms with E-state index in [0.717, 1.165) is 18.9 Å². The third-order valence-electron chi connectivity index (χ3n) is 4.32. The molecule has 1 fully saturated rings. The summed E-state index contributed by atoms with van der Waals surface area (Å²) >= 11 is 0. The minimum absolute atomic E-state index is 0.0817. The van der Waals surface area contributed by atoms with E-state index in [-0.39, 0.29) is 23.4 Å². The average Bonchev–Trinajstić information content (AvgIpc) is 2.72. The molecule has 22 heavy (non-hydrogen) atoms. The Bertz CT molecular complexity index is 349. The van der Waals surface area contributed by atoms with Crippen molar-refractivity contribution in [2.45, 2.75) is 53.4 Å². The highest BCUT2D eigenvalue weighted by atomic mass is 16.5. The molecule has 4 heteroatoms. The molecule has 2 unspecified atom stereocenters. The Morgan fingerprint density at radius 2 is 1.64 bits per heavy atom. The number of rotatable bonds is 11. The highest BCUT2D eigenvalue weighted by Gasteiger charge is 2.41. The van der Waals surface area contributed by atoms with E-state index in [1.807, 2.05) is 13.8 Å². The van der Waals surface area contributed by atoms with E-state index >= 15 is 0 Å². The number of hydrogen-bond acceptors (Lipinski definition) is 4. The first-order chi connectivity index (χ1) is 10.4. The molecular weight excluding hydrogens is 280 g/mol. The summed E-state index contributed by atoms with van der Waals surface area (Å²) in [6.07, 6.45) is 3.21. The average molecular weight is 312 g/mol. The molecule has 2 atom stereocenters. The van der Waals surface area contributed by atoms with Crippen molar-refractivity contribution in [3.8, 4) is 0 Å². The number of Topliss-reactive ketones (excluding diaryl/α,β-unsaturated/α-hetero) is 2. The lowest BCUT2D eigenvalue weighted by molar-refractivity contribution is -0.129. The topological polar surface area (TPSA) is 52.6 Å². The summed E-state index contributed by atoms with van der Waals surface area (Å²) in [6.45, 7) is 10.8. The summed E-state index contributed by atoms with van der Waals surface area (Å²) in [6, 6.07) is 0. The van der Waals surface area contributed by atoms with Gasteiger partial charge in [-0.1, -0.05) is 27.7 Å². The second-order valence-corrected chi connectivity index (χ2v) is 7.03. The van der Waals surface area contributed by atoms with Crippen LogP contribution in [0.5, 0.6) is 0 Å². The van der Waals surface area contributed by atoms with Gasteiger partial charge in [-0.15, -0.1) is 0 Å². The fraction of sp³-hybridized carbons (Fsp3) is 0.889. The lowest BCUT2D eigenvalue weighted by Gasteiger charge is -2.12. The van der Waals surface area contributed by atoms with Gasteiger partial charge in [0.1, 0.15) is 11.6 Å². The van der Waals surface area contributed by atoms with Crippen LogP contribution in [-0.2, 0) is 19.1 Å². The zero-order valence-electron chi connectivity index (χ0n) is 14.6. The van der Waals surface area contributed by atoms with Crippen molar-refractivity contribution >= 4 is 11.6 Å². The number of hydrogen-bond donors (Lipinski definition) is 0. The second kappa shape index (κ2) is 10.1. The molecule has 0 radical (unpaired) electrons. The van der Waals surface area contributed by atoms with Crippen molar-refractivity contribution in [1.29, 1.82) is 0 Å². The number of ether oxygens (including phenoxy) is 2. The molecule has 1 saturated carbocycles. The fourth-order valence-electron chi connectivity index (χ4n) is 2.86. The largest absolute Gasteiger partial charge is 0.379 e. The Morgan fingerprint density at radius 1 is 1.00 bits per heavy atom. The van der Waals surface area contributed by atoms with Crippen LogP contribution in [0.2, 0.25) is 0 Å². The van der Waals surface area contributed by atoms with Crippen LogP contribution in [0.15, 0.2) is 0 Å². The molecule has 1 aliphatic carbocycles. The summed E-state index contributed by atoms with van der Waals surface area (Å²) in [4.78, 5) is 24.0. The van der Waals surface area contributed by atoms with Crippen LogP contribution in [0.4, 0.5) is 0 Å². The molecule has 0 aromatic heterocycles. The molecule has 1 aliphatic rings. The van der Waals surface area contributed by atoms with Crippen LogP contribution >= 0.6 is 0 Å². The number of carbonyl (C=O) groups is 2. The van der Waals surface area contributed by atoms with E-state index in [2.05, 4.69) is 13.8 Å². The van der Waals surface area contributed by atoms with Crippen molar-refractivity contribution in [1.82, 2.24) is 0 Å². The van der Waals surface area contributed by atoms with Gasteiger partial charge in [-0.25, -0.2) is 0 Å². The SMILES string of the molecule is CC(C)CCCOCCOCCC1C(=O)CC(C(C)C)C1=O. The van der Waals surface area contributed by atoms with Gasteiger partial charge < -0.3 is 9.47 Å². The van der Waals surface area contributed by atoms with Crippen LogP contribution in [0.3, 0.4) is 0 Å². The molecule has 4 nitrogen and oxygen atoms in total. The molecule has 0 spiro atoms. The zero-order valence-corrected chi connectivity index (χ0v) is 14.6. The van der Waals surface area contributed by atoms with E-state index in [1.165, 1.54) is 6.42 Å². The first-order valence-corrected chi connectivity index (χ1v) is 8.65. The summed E-state index contributed by atoms with van der Waals surface area (Å²) in [7, 11) is 0. The number of ketones is 2. The fourth-order valence-corrected chi connectivity index (χ4v) is 2.86. The first-order valence-electron chi connectivity index (χ1n) is 8.65. The maximum absolute atomic E-state index is 12.1. The van der Waals surface area contributed by atoms with E-state index in [4.69, 9.17) is 9.47 Å². The van der Waals surface area contributed by atoms with Gasteiger partial charge in [-0.3, -0.25) is 9.59 Å². The van der Waals surface area contributed by atoms with Crippen molar-refractivity contribution in [2.75, 3.05) is 26.4 Å². The summed E-state index contributed by atoms with van der Waals surface area (Å²) in [5, 5.41) is 0. The molecule has 0 aromatic carbocycles. The Labute approximate surface area is 134 Å². The maximum atomic E-state index is 12.1. The van der Waals surface area contributed by atoms with Crippen molar-refractivity contribution in [3.63, 3.8) is 0 Å². The van der Waals surface area contributed by atoms with Gasteiger partial charge in [0.2, 0.25) is 0 Å². The molecule has 0 aromatic rings. The summed E-state index contributed by atoms with van der Waals surface area (Å²) in [5.41, 5.74) is 0. The lowest BCUT2D eigenvalue weighted by atomic mass is 9.91. The van der Waals surface area contributed by atoms with Gasteiger partial charge in [0, 0.05) is 25.6 Å². The number of carbonyl (C=O) groups excluding carboxylic acids is 2. The Hall–Kier alpha value is -0.740. The van der Waals surface area contributed by atoms with Gasteiger partial charge in [0.15, 0.2) is 0 Å².